The number of rotatable bonds is 9. The van der Waals surface area contributed by atoms with Gasteiger partial charge in [0, 0.05) is 6.54 Å². The summed E-state index contributed by atoms with van der Waals surface area (Å²) in [4.78, 5) is 4.84. The van der Waals surface area contributed by atoms with Crippen LogP contribution in [0.15, 0.2) is 78.9 Å². The zero-order chi connectivity index (χ0) is 22.4. The number of para-hydroxylation sites is 3. The average Bonchev–Trinajstić information content (AvgIpc) is 3.15. The summed E-state index contributed by atoms with van der Waals surface area (Å²) >= 11 is 0. The van der Waals surface area contributed by atoms with E-state index in [1.165, 1.54) is 5.56 Å². The van der Waals surface area contributed by atoms with Crippen molar-refractivity contribution in [3.63, 3.8) is 0 Å². The molecule has 4 nitrogen and oxygen atoms in total. The van der Waals surface area contributed by atoms with Crippen LogP contribution in [-0.4, -0.2) is 16.2 Å². The minimum Gasteiger partial charge on any atom is -0.494 e. The fourth-order valence-electron chi connectivity index (χ4n) is 3.76. The van der Waals surface area contributed by atoms with Crippen LogP contribution in [-0.2, 0) is 18.6 Å². The van der Waals surface area contributed by atoms with Crippen LogP contribution in [0, 0.1) is 0 Å². The first-order valence-electron chi connectivity index (χ1n) is 11.4. The molecule has 0 saturated heterocycles. The summed E-state index contributed by atoms with van der Waals surface area (Å²) < 4.78 is 14.2. The van der Waals surface area contributed by atoms with Gasteiger partial charge in [-0.3, -0.25) is 0 Å². The second kappa shape index (κ2) is 9.90. The Morgan fingerprint density at radius 2 is 1.44 bits per heavy atom. The lowest BCUT2D eigenvalue weighted by Gasteiger charge is -2.19. The van der Waals surface area contributed by atoms with Crippen LogP contribution < -0.4 is 9.47 Å². The molecule has 0 spiro atoms. The molecular formula is C28H32N2O2. The number of hydrogen-bond acceptors (Lipinski definition) is 3. The van der Waals surface area contributed by atoms with Crippen LogP contribution in [0.25, 0.3) is 11.0 Å². The minimum atomic E-state index is 0.136. The van der Waals surface area contributed by atoms with E-state index in [1.807, 2.05) is 36.4 Å². The van der Waals surface area contributed by atoms with Crippen molar-refractivity contribution in [2.24, 2.45) is 0 Å². The highest BCUT2D eigenvalue weighted by molar-refractivity contribution is 5.75. The number of fused-ring (bicyclic) bond motifs is 1. The van der Waals surface area contributed by atoms with Crippen molar-refractivity contribution >= 4 is 11.0 Å². The zero-order valence-corrected chi connectivity index (χ0v) is 19.3. The second-order valence-electron chi connectivity index (χ2n) is 9.10. The van der Waals surface area contributed by atoms with Gasteiger partial charge in [0.1, 0.15) is 23.9 Å². The van der Waals surface area contributed by atoms with E-state index in [1.54, 1.807) is 0 Å². The van der Waals surface area contributed by atoms with Gasteiger partial charge in [-0.2, -0.15) is 0 Å². The molecule has 1 aromatic heterocycles. The molecule has 3 aromatic carbocycles. The van der Waals surface area contributed by atoms with Crippen molar-refractivity contribution in [2.45, 2.75) is 52.2 Å². The van der Waals surface area contributed by atoms with Gasteiger partial charge >= 0.3 is 0 Å². The topological polar surface area (TPSA) is 36.3 Å². The van der Waals surface area contributed by atoms with Gasteiger partial charge in [-0.05, 0) is 60.2 Å². The molecule has 32 heavy (non-hydrogen) atoms. The van der Waals surface area contributed by atoms with Crippen molar-refractivity contribution < 1.29 is 9.47 Å². The summed E-state index contributed by atoms with van der Waals surface area (Å²) in [6, 6.07) is 26.7. The van der Waals surface area contributed by atoms with Crippen molar-refractivity contribution in [3.05, 3.63) is 90.3 Å². The van der Waals surface area contributed by atoms with Crippen LogP contribution in [0.1, 0.15) is 45.0 Å². The van der Waals surface area contributed by atoms with Gasteiger partial charge < -0.3 is 14.0 Å². The number of aryl methyl sites for hydroxylation is 1. The summed E-state index contributed by atoms with van der Waals surface area (Å²) in [5.41, 5.74) is 3.60. The fraction of sp³-hybridized carbons (Fsp3) is 0.321. The first kappa shape index (κ1) is 21.9. The molecule has 0 atom stereocenters. The van der Waals surface area contributed by atoms with Crippen LogP contribution in [0.4, 0.5) is 0 Å². The molecule has 0 radical (unpaired) electrons. The summed E-state index contributed by atoms with van der Waals surface area (Å²) in [5.74, 6) is 2.75. The molecule has 166 valence electrons. The number of nitrogens with zero attached hydrogens (tertiary/aromatic N) is 2. The smallest absolute Gasteiger partial charge is 0.147 e. The predicted molar refractivity (Wildman–Crippen MR) is 130 cm³/mol. The van der Waals surface area contributed by atoms with E-state index in [4.69, 9.17) is 14.5 Å². The van der Waals surface area contributed by atoms with Gasteiger partial charge in [0.2, 0.25) is 0 Å². The van der Waals surface area contributed by atoms with Gasteiger partial charge in [0.25, 0.3) is 0 Å². The lowest BCUT2D eigenvalue weighted by atomic mass is 9.87. The van der Waals surface area contributed by atoms with Crippen LogP contribution >= 0.6 is 0 Å². The van der Waals surface area contributed by atoms with Crippen LogP contribution in [0.5, 0.6) is 11.5 Å². The van der Waals surface area contributed by atoms with Gasteiger partial charge in [-0.15, -0.1) is 0 Å². The summed E-state index contributed by atoms with van der Waals surface area (Å²) in [7, 11) is 0. The van der Waals surface area contributed by atoms with E-state index < -0.39 is 0 Å². The molecule has 4 heteroatoms. The molecule has 0 aliphatic rings. The molecule has 0 aliphatic carbocycles. The van der Waals surface area contributed by atoms with E-state index in [2.05, 4.69) is 67.8 Å². The Kier molecular flexibility index (Phi) is 6.79. The third kappa shape index (κ3) is 5.50. The van der Waals surface area contributed by atoms with Gasteiger partial charge in [0.15, 0.2) is 0 Å². The maximum Gasteiger partial charge on any atom is 0.147 e. The minimum absolute atomic E-state index is 0.136. The average molecular weight is 429 g/mol. The van der Waals surface area contributed by atoms with E-state index in [0.29, 0.717) is 13.2 Å². The van der Waals surface area contributed by atoms with E-state index >= 15 is 0 Å². The largest absolute Gasteiger partial charge is 0.494 e. The summed E-state index contributed by atoms with van der Waals surface area (Å²) in [6.07, 6.45) is 2.00. The highest BCUT2D eigenvalue weighted by Crippen LogP contribution is 2.25. The molecule has 0 N–H and O–H groups in total. The highest BCUT2D eigenvalue weighted by atomic mass is 16.5. The Labute approximate surface area is 190 Å². The summed E-state index contributed by atoms with van der Waals surface area (Å²) in [6.45, 7) is 8.70. The van der Waals surface area contributed by atoms with Crippen molar-refractivity contribution in [2.75, 3.05) is 6.61 Å². The van der Waals surface area contributed by atoms with E-state index in [9.17, 15) is 0 Å². The molecule has 4 rings (SSSR count). The zero-order valence-electron chi connectivity index (χ0n) is 19.3. The fourth-order valence-corrected chi connectivity index (χ4v) is 3.76. The number of benzene rings is 3. The number of hydrogen-bond donors (Lipinski definition) is 0. The third-order valence-corrected chi connectivity index (χ3v) is 5.61. The Bertz CT molecular complexity index is 1130. The van der Waals surface area contributed by atoms with Gasteiger partial charge in [0.05, 0.1) is 17.6 Å². The number of imidazole rings is 1. The number of ether oxygens (including phenoxy) is 2. The van der Waals surface area contributed by atoms with Gasteiger partial charge in [-0.1, -0.05) is 63.2 Å². The molecule has 0 saturated carbocycles. The third-order valence-electron chi connectivity index (χ3n) is 5.61. The molecular weight excluding hydrogens is 396 g/mol. The molecule has 1 heterocycles. The van der Waals surface area contributed by atoms with Crippen molar-refractivity contribution in [3.8, 4) is 11.5 Å². The number of unbranched alkanes of at least 4 members (excludes halogenated alkanes) is 1. The maximum atomic E-state index is 6.11. The first-order valence-corrected chi connectivity index (χ1v) is 11.4. The monoisotopic (exact) mass is 428 g/mol. The highest BCUT2D eigenvalue weighted by Gasteiger charge is 2.14. The Morgan fingerprint density at radius 3 is 2.19 bits per heavy atom. The van der Waals surface area contributed by atoms with Crippen LogP contribution in [0.3, 0.4) is 0 Å². The molecule has 0 fully saturated rings. The molecule has 4 aromatic rings. The van der Waals surface area contributed by atoms with Crippen molar-refractivity contribution in [1.82, 2.24) is 9.55 Å². The van der Waals surface area contributed by atoms with Crippen molar-refractivity contribution in [1.29, 1.82) is 0 Å². The van der Waals surface area contributed by atoms with E-state index in [0.717, 1.165) is 47.7 Å². The molecule has 0 aliphatic heterocycles. The summed E-state index contributed by atoms with van der Waals surface area (Å²) in [5, 5.41) is 0. The lowest BCUT2D eigenvalue weighted by Crippen LogP contribution is -2.11. The SMILES string of the molecule is CC(C)(C)c1ccc(OCc2nc3ccccc3n2CCCCOc2ccccc2)cc1. The maximum absolute atomic E-state index is 6.11. The van der Waals surface area contributed by atoms with Gasteiger partial charge in [-0.25, -0.2) is 4.98 Å². The Morgan fingerprint density at radius 1 is 0.750 bits per heavy atom. The Balaban J connectivity index is 1.38. The molecule has 0 amide bonds. The second-order valence-corrected chi connectivity index (χ2v) is 9.10. The molecule has 0 bridgehead atoms. The van der Waals surface area contributed by atoms with Crippen LogP contribution in [0.2, 0.25) is 0 Å². The quantitative estimate of drug-likeness (QED) is 0.276. The lowest BCUT2D eigenvalue weighted by molar-refractivity contribution is 0.285. The number of aromatic nitrogens is 2. The molecule has 0 unspecified atom stereocenters. The first-order chi connectivity index (χ1) is 15.5. The standard InChI is InChI=1S/C28H32N2O2/c1-28(2,3)22-15-17-24(18-16-22)32-21-27-29-25-13-7-8-14-26(25)30(27)19-9-10-20-31-23-11-5-4-6-12-23/h4-8,11-18H,9-10,19-21H2,1-3H3. The normalized spacial score (nSPS) is 11.6. The Hall–Kier alpha value is -3.27. The predicted octanol–water partition coefficient (Wildman–Crippen LogP) is 6.77. The van der Waals surface area contributed by atoms with E-state index in [-0.39, 0.29) is 5.41 Å².